The number of nitrogens with zero attached hydrogens (tertiary/aromatic N) is 2. The van der Waals surface area contributed by atoms with Gasteiger partial charge in [0.05, 0.1) is 22.5 Å². The minimum absolute atomic E-state index is 0.0801. The van der Waals surface area contributed by atoms with Crippen molar-refractivity contribution in [2.75, 3.05) is 5.32 Å². The first-order valence-corrected chi connectivity index (χ1v) is 9.72. The van der Waals surface area contributed by atoms with E-state index in [9.17, 15) is 13.6 Å². The van der Waals surface area contributed by atoms with Crippen LogP contribution in [-0.2, 0) is 5.92 Å². The van der Waals surface area contributed by atoms with Gasteiger partial charge in [-0.25, -0.2) is 13.8 Å². The second kappa shape index (κ2) is 7.33. The van der Waals surface area contributed by atoms with E-state index in [1.165, 1.54) is 23.7 Å². The first-order chi connectivity index (χ1) is 13.8. The second-order valence-electron chi connectivity index (χ2n) is 6.83. The number of aryl methyl sites for hydroxylation is 1. The van der Waals surface area contributed by atoms with Gasteiger partial charge in [-0.05, 0) is 42.7 Å². The highest BCUT2D eigenvalue weighted by atomic mass is 32.1. The molecule has 2 aromatic heterocycles. The van der Waals surface area contributed by atoms with Crippen LogP contribution in [0.5, 0.6) is 0 Å². The van der Waals surface area contributed by atoms with Gasteiger partial charge >= 0.3 is 0 Å². The Morgan fingerprint density at radius 1 is 1.07 bits per heavy atom. The fourth-order valence-electron chi connectivity index (χ4n) is 3.04. The van der Waals surface area contributed by atoms with E-state index in [2.05, 4.69) is 14.7 Å². The van der Waals surface area contributed by atoms with Gasteiger partial charge in [-0.2, -0.15) is 4.37 Å². The zero-order chi connectivity index (χ0) is 20.6. The van der Waals surface area contributed by atoms with E-state index in [-0.39, 0.29) is 11.5 Å². The molecule has 0 fully saturated rings. The van der Waals surface area contributed by atoms with Crippen molar-refractivity contribution >= 4 is 33.3 Å². The Bertz CT molecular complexity index is 1210. The molecule has 29 heavy (non-hydrogen) atoms. The van der Waals surface area contributed by atoms with Crippen molar-refractivity contribution in [2.24, 2.45) is 0 Å². The van der Waals surface area contributed by atoms with Gasteiger partial charge in [-0.15, -0.1) is 0 Å². The highest BCUT2D eigenvalue weighted by Crippen LogP contribution is 2.31. The number of amides is 1. The van der Waals surface area contributed by atoms with Gasteiger partial charge in [0.25, 0.3) is 11.8 Å². The molecule has 0 atom stereocenters. The average molecular weight is 409 g/mol. The molecule has 146 valence electrons. The second-order valence-corrected chi connectivity index (χ2v) is 7.63. The molecule has 0 saturated heterocycles. The topological polar surface area (TPSA) is 54.9 Å². The summed E-state index contributed by atoms with van der Waals surface area (Å²) < 4.78 is 31.6. The molecule has 4 aromatic rings. The van der Waals surface area contributed by atoms with Gasteiger partial charge in [0.15, 0.2) is 0 Å². The fraction of sp³-hybridized carbons (Fsp3) is 0.136. The highest BCUT2D eigenvalue weighted by Gasteiger charge is 2.24. The van der Waals surface area contributed by atoms with Crippen molar-refractivity contribution in [3.05, 3.63) is 77.5 Å². The van der Waals surface area contributed by atoms with Crippen LogP contribution < -0.4 is 5.32 Å². The van der Waals surface area contributed by atoms with Crippen LogP contribution in [0.15, 0.2) is 60.7 Å². The van der Waals surface area contributed by atoms with Crippen molar-refractivity contribution in [3.63, 3.8) is 0 Å². The van der Waals surface area contributed by atoms with Gasteiger partial charge < -0.3 is 5.32 Å². The lowest BCUT2D eigenvalue weighted by Gasteiger charge is -2.12. The Balaban J connectivity index is 1.76. The standard InChI is InChI=1S/C22H17F2N3OS/c1-13-11-19(29-27-13)26-21(28)17-8-4-5-14-9-10-18(25-20(14)17)15-6-3-7-16(12-15)22(2,23)24/h3-12H,1-2H3,(H,26,28). The number of carbonyl (C=O) groups is 1. The van der Waals surface area contributed by atoms with Crippen LogP contribution in [0, 0.1) is 6.92 Å². The lowest BCUT2D eigenvalue weighted by Crippen LogP contribution is -2.12. The summed E-state index contributed by atoms with van der Waals surface area (Å²) in [4.78, 5) is 17.4. The van der Waals surface area contributed by atoms with Crippen LogP contribution in [0.3, 0.4) is 0 Å². The first kappa shape index (κ1) is 19.1. The maximum atomic E-state index is 13.7. The smallest absolute Gasteiger partial charge is 0.270 e. The Morgan fingerprint density at radius 3 is 2.59 bits per heavy atom. The zero-order valence-electron chi connectivity index (χ0n) is 15.7. The van der Waals surface area contributed by atoms with Crippen LogP contribution in [0.1, 0.15) is 28.5 Å². The maximum absolute atomic E-state index is 13.7. The molecule has 0 aliphatic rings. The predicted molar refractivity (Wildman–Crippen MR) is 112 cm³/mol. The Labute approximate surface area is 170 Å². The third-order valence-corrected chi connectivity index (χ3v) is 5.29. The van der Waals surface area contributed by atoms with Crippen molar-refractivity contribution in [2.45, 2.75) is 19.8 Å². The number of pyridine rings is 1. The molecule has 1 amide bonds. The molecule has 0 radical (unpaired) electrons. The number of carbonyl (C=O) groups excluding carboxylic acids is 1. The minimum atomic E-state index is -2.94. The van der Waals surface area contributed by atoms with E-state index in [1.807, 2.05) is 19.1 Å². The molecule has 0 saturated carbocycles. The number of aromatic nitrogens is 2. The van der Waals surface area contributed by atoms with Gasteiger partial charge in [0, 0.05) is 23.4 Å². The summed E-state index contributed by atoms with van der Waals surface area (Å²) in [5.41, 5.74) is 2.77. The molecule has 1 N–H and O–H groups in total. The first-order valence-electron chi connectivity index (χ1n) is 8.94. The van der Waals surface area contributed by atoms with Crippen LogP contribution in [0.25, 0.3) is 22.2 Å². The van der Waals surface area contributed by atoms with E-state index in [0.717, 1.165) is 18.0 Å². The summed E-state index contributed by atoms with van der Waals surface area (Å²) in [5.74, 6) is -3.23. The van der Waals surface area contributed by atoms with E-state index in [4.69, 9.17) is 0 Å². The lowest BCUT2D eigenvalue weighted by molar-refractivity contribution is 0.0175. The molecule has 0 aliphatic carbocycles. The number of rotatable bonds is 4. The predicted octanol–water partition coefficient (Wildman–Crippen LogP) is 6.03. The Morgan fingerprint density at radius 2 is 1.86 bits per heavy atom. The molecule has 4 nitrogen and oxygen atoms in total. The number of benzene rings is 2. The number of nitrogens with one attached hydrogen (secondary N) is 1. The van der Waals surface area contributed by atoms with Crippen LogP contribution in [-0.4, -0.2) is 15.3 Å². The molecule has 0 spiro atoms. The van der Waals surface area contributed by atoms with Gasteiger partial charge in [0.2, 0.25) is 0 Å². The third-order valence-electron chi connectivity index (χ3n) is 4.49. The SMILES string of the molecule is Cc1cc(NC(=O)c2cccc3ccc(-c4cccc(C(C)(F)F)c4)nc23)sn1. The van der Waals surface area contributed by atoms with Crippen molar-refractivity contribution in [1.29, 1.82) is 0 Å². The largest absolute Gasteiger partial charge is 0.312 e. The molecule has 0 aliphatic heterocycles. The minimum Gasteiger partial charge on any atom is -0.312 e. The average Bonchev–Trinajstić information content (AvgIpc) is 3.11. The molecule has 0 unspecified atom stereocenters. The summed E-state index contributed by atoms with van der Waals surface area (Å²) in [6.07, 6.45) is 0. The normalized spacial score (nSPS) is 11.6. The quantitative estimate of drug-likeness (QED) is 0.448. The summed E-state index contributed by atoms with van der Waals surface area (Å²) in [5, 5.41) is 4.28. The lowest BCUT2D eigenvalue weighted by atomic mass is 10.0. The summed E-state index contributed by atoms with van der Waals surface area (Å²) in [6, 6.07) is 16.9. The summed E-state index contributed by atoms with van der Waals surface area (Å²) in [6.45, 7) is 2.72. The van der Waals surface area contributed by atoms with Gasteiger partial charge in [0.1, 0.15) is 5.00 Å². The highest BCUT2D eigenvalue weighted by molar-refractivity contribution is 7.10. The molecule has 4 rings (SSSR count). The number of fused-ring (bicyclic) bond motifs is 1. The van der Waals surface area contributed by atoms with E-state index < -0.39 is 5.92 Å². The molecule has 0 bridgehead atoms. The van der Waals surface area contributed by atoms with Gasteiger partial charge in [-0.3, -0.25) is 4.79 Å². The Hall–Kier alpha value is -3.19. The molecular formula is C22H17F2N3OS. The number of alkyl halides is 2. The number of anilines is 1. The molecule has 2 heterocycles. The zero-order valence-corrected chi connectivity index (χ0v) is 16.6. The van der Waals surface area contributed by atoms with Crippen molar-refractivity contribution < 1.29 is 13.6 Å². The molecule has 7 heteroatoms. The van der Waals surface area contributed by atoms with E-state index >= 15 is 0 Å². The van der Waals surface area contributed by atoms with Crippen molar-refractivity contribution in [1.82, 2.24) is 9.36 Å². The summed E-state index contributed by atoms with van der Waals surface area (Å²) >= 11 is 1.21. The number of halogens is 2. The van der Waals surface area contributed by atoms with E-state index in [1.54, 1.807) is 36.4 Å². The van der Waals surface area contributed by atoms with Crippen LogP contribution in [0.2, 0.25) is 0 Å². The summed E-state index contributed by atoms with van der Waals surface area (Å²) in [7, 11) is 0. The Kier molecular flexibility index (Phi) is 4.84. The fourth-order valence-corrected chi connectivity index (χ4v) is 3.70. The van der Waals surface area contributed by atoms with Crippen LogP contribution >= 0.6 is 11.5 Å². The van der Waals surface area contributed by atoms with Crippen molar-refractivity contribution in [3.8, 4) is 11.3 Å². The molecular weight excluding hydrogens is 392 g/mol. The number of para-hydroxylation sites is 1. The monoisotopic (exact) mass is 409 g/mol. The van der Waals surface area contributed by atoms with Gasteiger partial charge in [-0.1, -0.05) is 36.4 Å². The van der Waals surface area contributed by atoms with E-state index in [0.29, 0.717) is 27.3 Å². The number of hydrogen-bond acceptors (Lipinski definition) is 4. The number of hydrogen-bond donors (Lipinski definition) is 1. The van der Waals surface area contributed by atoms with Crippen LogP contribution in [0.4, 0.5) is 13.8 Å². The molecule has 2 aromatic carbocycles. The third kappa shape index (κ3) is 4.00. The maximum Gasteiger partial charge on any atom is 0.270 e.